The highest BCUT2D eigenvalue weighted by atomic mass is 16.2. The number of piperidine rings is 1. The quantitative estimate of drug-likeness (QED) is 0.927. The van der Waals surface area contributed by atoms with Gasteiger partial charge in [-0.1, -0.05) is 6.92 Å². The van der Waals surface area contributed by atoms with Crippen molar-refractivity contribution >= 4 is 5.91 Å². The number of hydrogen-bond donors (Lipinski definition) is 1. The summed E-state index contributed by atoms with van der Waals surface area (Å²) >= 11 is 0. The molecular weight excluding hydrogens is 316 g/mol. The second-order valence-corrected chi connectivity index (χ2v) is 6.54. The predicted octanol–water partition coefficient (Wildman–Crippen LogP) is 2.47. The molecule has 1 fully saturated rings. The predicted molar refractivity (Wildman–Crippen MR) is 96.2 cm³/mol. The molecule has 1 N–H and O–H groups in total. The van der Waals surface area contributed by atoms with Crippen LogP contribution in [0.3, 0.4) is 0 Å². The first kappa shape index (κ1) is 17.3. The fourth-order valence-corrected chi connectivity index (χ4v) is 3.46. The summed E-state index contributed by atoms with van der Waals surface area (Å²) in [4.78, 5) is 38.5. The van der Waals surface area contributed by atoms with Gasteiger partial charge in [-0.05, 0) is 44.7 Å². The zero-order valence-electron chi connectivity index (χ0n) is 14.8. The van der Waals surface area contributed by atoms with E-state index in [0.29, 0.717) is 23.1 Å². The van der Waals surface area contributed by atoms with Gasteiger partial charge in [0.05, 0.1) is 6.42 Å². The third kappa shape index (κ3) is 3.78. The molecule has 3 rings (SSSR count). The van der Waals surface area contributed by atoms with Crippen LogP contribution in [0.25, 0.3) is 11.4 Å². The number of aromatic amines is 1. The van der Waals surface area contributed by atoms with Crippen molar-refractivity contribution < 1.29 is 4.79 Å². The van der Waals surface area contributed by atoms with E-state index in [1.807, 2.05) is 11.0 Å². The number of rotatable bonds is 4. The molecule has 1 atom stereocenters. The lowest BCUT2D eigenvalue weighted by Gasteiger charge is -2.35. The van der Waals surface area contributed by atoms with Gasteiger partial charge in [0.15, 0.2) is 0 Å². The molecule has 3 heterocycles. The van der Waals surface area contributed by atoms with E-state index in [1.54, 1.807) is 25.4 Å². The van der Waals surface area contributed by atoms with Crippen molar-refractivity contribution in [2.24, 2.45) is 0 Å². The van der Waals surface area contributed by atoms with Crippen molar-refractivity contribution in [3.63, 3.8) is 0 Å². The molecule has 1 unspecified atom stereocenters. The Kier molecular flexibility index (Phi) is 5.26. The van der Waals surface area contributed by atoms with Crippen LogP contribution in [0.1, 0.15) is 43.9 Å². The third-order valence-corrected chi connectivity index (χ3v) is 4.90. The number of likely N-dealkylation sites (tertiary alicyclic amines) is 1. The summed E-state index contributed by atoms with van der Waals surface area (Å²) in [6, 6.07) is 3.93. The average Bonchev–Trinajstić information content (AvgIpc) is 2.65. The topological polar surface area (TPSA) is 79.0 Å². The molecular formula is C19H24N4O2. The maximum atomic E-state index is 12.7. The number of H-pyrrole nitrogens is 1. The highest BCUT2D eigenvalue weighted by Crippen LogP contribution is 2.21. The standard InChI is InChI=1S/C19H24N4O2/c1-3-15-8-4-5-10-23(15)17(24)11-16-13(2)21-18(22-19(16)25)14-7-6-9-20-12-14/h6-7,9,12,15H,3-5,8,10-11H2,1-2H3,(H,21,22,25). The summed E-state index contributed by atoms with van der Waals surface area (Å²) in [5.41, 5.74) is 1.56. The van der Waals surface area contributed by atoms with Gasteiger partial charge in [0.25, 0.3) is 5.56 Å². The Morgan fingerprint density at radius 3 is 2.92 bits per heavy atom. The van der Waals surface area contributed by atoms with Crippen molar-refractivity contribution in [1.29, 1.82) is 0 Å². The highest BCUT2D eigenvalue weighted by molar-refractivity contribution is 5.79. The van der Waals surface area contributed by atoms with E-state index < -0.39 is 0 Å². The summed E-state index contributed by atoms with van der Waals surface area (Å²) in [6.07, 6.45) is 7.65. The molecule has 0 bridgehead atoms. The minimum atomic E-state index is -0.246. The minimum Gasteiger partial charge on any atom is -0.339 e. The van der Waals surface area contributed by atoms with E-state index in [2.05, 4.69) is 21.9 Å². The summed E-state index contributed by atoms with van der Waals surface area (Å²) in [5.74, 6) is 0.507. The molecule has 2 aromatic heterocycles. The van der Waals surface area contributed by atoms with Crippen LogP contribution in [0.2, 0.25) is 0 Å². The molecule has 2 aromatic rings. The number of nitrogens with one attached hydrogen (secondary N) is 1. The summed E-state index contributed by atoms with van der Waals surface area (Å²) in [7, 11) is 0. The van der Waals surface area contributed by atoms with Crippen LogP contribution >= 0.6 is 0 Å². The van der Waals surface area contributed by atoms with Gasteiger partial charge in [-0.2, -0.15) is 0 Å². The van der Waals surface area contributed by atoms with E-state index in [-0.39, 0.29) is 17.9 Å². The first-order valence-electron chi connectivity index (χ1n) is 8.89. The van der Waals surface area contributed by atoms with Crippen LogP contribution in [0.15, 0.2) is 29.3 Å². The molecule has 0 saturated carbocycles. The molecule has 132 valence electrons. The van der Waals surface area contributed by atoms with Gasteiger partial charge in [-0.15, -0.1) is 0 Å². The number of carbonyl (C=O) groups is 1. The van der Waals surface area contributed by atoms with Crippen LogP contribution in [0.4, 0.5) is 0 Å². The number of pyridine rings is 1. The van der Waals surface area contributed by atoms with E-state index in [4.69, 9.17) is 0 Å². The number of hydrogen-bond acceptors (Lipinski definition) is 4. The number of aryl methyl sites for hydroxylation is 1. The van der Waals surface area contributed by atoms with Crippen molar-refractivity contribution in [3.8, 4) is 11.4 Å². The van der Waals surface area contributed by atoms with Crippen molar-refractivity contribution in [1.82, 2.24) is 19.9 Å². The molecule has 6 heteroatoms. The van der Waals surface area contributed by atoms with Crippen LogP contribution in [0, 0.1) is 6.92 Å². The fraction of sp³-hybridized carbons (Fsp3) is 0.474. The summed E-state index contributed by atoms with van der Waals surface area (Å²) in [6.45, 7) is 4.68. The van der Waals surface area contributed by atoms with Gasteiger partial charge in [0.1, 0.15) is 5.82 Å². The minimum absolute atomic E-state index is 0.0241. The van der Waals surface area contributed by atoms with Crippen molar-refractivity contribution in [2.75, 3.05) is 6.54 Å². The smallest absolute Gasteiger partial charge is 0.255 e. The van der Waals surface area contributed by atoms with E-state index in [1.165, 1.54) is 6.42 Å². The molecule has 1 saturated heterocycles. The van der Waals surface area contributed by atoms with Gasteiger partial charge < -0.3 is 9.88 Å². The summed E-state index contributed by atoms with van der Waals surface area (Å²) < 4.78 is 0. The van der Waals surface area contributed by atoms with Gasteiger partial charge >= 0.3 is 0 Å². The van der Waals surface area contributed by atoms with Gasteiger partial charge in [-0.3, -0.25) is 14.6 Å². The van der Waals surface area contributed by atoms with Crippen LogP contribution in [-0.2, 0) is 11.2 Å². The Morgan fingerprint density at radius 2 is 2.24 bits per heavy atom. The Hall–Kier alpha value is -2.50. The molecule has 0 aromatic carbocycles. The van der Waals surface area contributed by atoms with Crippen molar-refractivity contribution in [3.05, 3.63) is 46.1 Å². The van der Waals surface area contributed by atoms with E-state index in [9.17, 15) is 9.59 Å². The fourth-order valence-electron chi connectivity index (χ4n) is 3.46. The Balaban J connectivity index is 1.83. The van der Waals surface area contributed by atoms with E-state index in [0.717, 1.165) is 31.4 Å². The number of nitrogens with zero attached hydrogens (tertiary/aromatic N) is 3. The van der Waals surface area contributed by atoms with Crippen LogP contribution < -0.4 is 5.56 Å². The van der Waals surface area contributed by atoms with Gasteiger partial charge in [0, 0.05) is 41.8 Å². The monoisotopic (exact) mass is 340 g/mol. The third-order valence-electron chi connectivity index (χ3n) is 4.90. The Labute approximate surface area is 147 Å². The largest absolute Gasteiger partial charge is 0.339 e. The van der Waals surface area contributed by atoms with Gasteiger partial charge in [-0.25, -0.2) is 4.98 Å². The zero-order chi connectivity index (χ0) is 17.8. The molecule has 0 aliphatic carbocycles. The second-order valence-electron chi connectivity index (χ2n) is 6.54. The maximum absolute atomic E-state index is 12.7. The first-order chi connectivity index (χ1) is 12.1. The molecule has 1 aliphatic heterocycles. The molecule has 1 amide bonds. The number of amides is 1. The number of carbonyl (C=O) groups excluding carboxylic acids is 1. The first-order valence-corrected chi connectivity index (χ1v) is 8.89. The lowest BCUT2D eigenvalue weighted by Crippen LogP contribution is -2.44. The Bertz CT molecular complexity index is 801. The lowest BCUT2D eigenvalue weighted by atomic mass is 9.99. The van der Waals surface area contributed by atoms with Crippen LogP contribution in [0.5, 0.6) is 0 Å². The zero-order valence-corrected chi connectivity index (χ0v) is 14.8. The molecule has 1 aliphatic rings. The SMILES string of the molecule is CCC1CCCCN1C(=O)Cc1c(C)nc(-c2cccnc2)[nH]c1=O. The van der Waals surface area contributed by atoms with Gasteiger partial charge in [0.2, 0.25) is 5.91 Å². The van der Waals surface area contributed by atoms with E-state index >= 15 is 0 Å². The summed E-state index contributed by atoms with van der Waals surface area (Å²) in [5, 5.41) is 0. The lowest BCUT2D eigenvalue weighted by molar-refractivity contribution is -0.134. The normalized spacial score (nSPS) is 17.5. The second kappa shape index (κ2) is 7.59. The highest BCUT2D eigenvalue weighted by Gasteiger charge is 2.26. The van der Waals surface area contributed by atoms with Crippen LogP contribution in [-0.4, -0.2) is 38.3 Å². The maximum Gasteiger partial charge on any atom is 0.255 e. The molecule has 0 spiro atoms. The number of aromatic nitrogens is 3. The molecule has 0 radical (unpaired) electrons. The molecule has 25 heavy (non-hydrogen) atoms. The van der Waals surface area contributed by atoms with Crippen molar-refractivity contribution in [2.45, 2.75) is 52.0 Å². The average molecular weight is 340 g/mol. The Morgan fingerprint density at radius 1 is 1.40 bits per heavy atom. The molecule has 6 nitrogen and oxygen atoms in total.